The Kier molecular flexibility index (Phi) is 4.61. The second-order valence-corrected chi connectivity index (χ2v) is 6.79. The molecule has 1 aliphatic rings. The first-order chi connectivity index (χ1) is 12.7. The number of nitrogens with zero attached hydrogens (tertiary/aromatic N) is 1. The number of fused-ring (bicyclic) bond motifs is 3. The van der Waals surface area contributed by atoms with Gasteiger partial charge in [-0.05, 0) is 29.7 Å². The van der Waals surface area contributed by atoms with Crippen LogP contribution >= 0.6 is 0 Å². The van der Waals surface area contributed by atoms with Gasteiger partial charge in [-0.3, -0.25) is 9.59 Å². The maximum absolute atomic E-state index is 12.3. The van der Waals surface area contributed by atoms with Crippen LogP contribution in [-0.4, -0.2) is 36.3 Å². The molecule has 1 aromatic heterocycles. The van der Waals surface area contributed by atoms with Crippen LogP contribution in [0.2, 0.25) is 0 Å². The molecule has 0 unspecified atom stereocenters. The first kappa shape index (κ1) is 16.6. The number of amides is 2. The minimum Gasteiger partial charge on any atom is -0.464 e. The van der Waals surface area contributed by atoms with Gasteiger partial charge in [0.05, 0.1) is 12.7 Å². The maximum Gasteiger partial charge on any atom is 0.224 e. The monoisotopic (exact) mass is 350 g/mol. The maximum atomic E-state index is 12.3. The smallest absolute Gasteiger partial charge is 0.224 e. The van der Waals surface area contributed by atoms with Gasteiger partial charge in [0, 0.05) is 37.0 Å². The van der Waals surface area contributed by atoms with E-state index in [1.807, 2.05) is 35.2 Å². The molecule has 1 N–H and O–H groups in total. The van der Waals surface area contributed by atoms with Crippen molar-refractivity contribution in [3.05, 3.63) is 48.2 Å². The second-order valence-electron chi connectivity index (χ2n) is 6.79. The lowest BCUT2D eigenvalue weighted by Crippen LogP contribution is -2.33. The number of nitrogens with one attached hydrogen (secondary N) is 1. The molecule has 134 valence electrons. The number of carbonyl (C=O) groups excluding carboxylic acids is 2. The van der Waals surface area contributed by atoms with E-state index >= 15 is 0 Å². The number of hydrogen-bond donors (Lipinski definition) is 1. The average molecular weight is 350 g/mol. The Labute approximate surface area is 152 Å². The number of hydrogen-bond acceptors (Lipinski definition) is 3. The summed E-state index contributed by atoms with van der Waals surface area (Å²) >= 11 is 0. The van der Waals surface area contributed by atoms with Gasteiger partial charge >= 0.3 is 0 Å². The van der Waals surface area contributed by atoms with Crippen LogP contribution in [0.3, 0.4) is 0 Å². The van der Waals surface area contributed by atoms with Gasteiger partial charge in [-0.25, -0.2) is 0 Å². The molecule has 2 aromatic carbocycles. The van der Waals surface area contributed by atoms with Crippen molar-refractivity contribution >= 4 is 33.6 Å². The molecule has 3 aromatic rings. The molecule has 5 nitrogen and oxygen atoms in total. The summed E-state index contributed by atoms with van der Waals surface area (Å²) in [6.07, 6.45) is 4.44. The Morgan fingerprint density at radius 1 is 1.08 bits per heavy atom. The van der Waals surface area contributed by atoms with E-state index in [0.29, 0.717) is 13.0 Å². The quantitative estimate of drug-likeness (QED) is 0.768. The van der Waals surface area contributed by atoms with Gasteiger partial charge in [-0.2, -0.15) is 0 Å². The van der Waals surface area contributed by atoms with Gasteiger partial charge in [0.25, 0.3) is 0 Å². The highest BCUT2D eigenvalue weighted by atomic mass is 16.3. The summed E-state index contributed by atoms with van der Waals surface area (Å²) < 4.78 is 5.63. The lowest BCUT2D eigenvalue weighted by atomic mass is 10.0. The fourth-order valence-electron chi connectivity index (χ4n) is 3.67. The van der Waals surface area contributed by atoms with E-state index in [1.165, 1.54) is 0 Å². The second kappa shape index (κ2) is 7.20. The predicted molar refractivity (Wildman–Crippen MR) is 101 cm³/mol. The number of benzene rings is 2. The van der Waals surface area contributed by atoms with Crippen molar-refractivity contribution in [1.29, 1.82) is 0 Å². The molecule has 26 heavy (non-hydrogen) atoms. The molecule has 0 bridgehead atoms. The molecule has 2 amide bonds. The summed E-state index contributed by atoms with van der Waals surface area (Å²) in [7, 11) is 0. The zero-order chi connectivity index (χ0) is 17.9. The van der Waals surface area contributed by atoms with Crippen molar-refractivity contribution in [2.45, 2.75) is 25.7 Å². The van der Waals surface area contributed by atoms with Crippen LogP contribution in [0.15, 0.2) is 47.1 Å². The fourth-order valence-corrected chi connectivity index (χ4v) is 3.67. The molecule has 0 radical (unpaired) electrons. The van der Waals surface area contributed by atoms with E-state index in [0.717, 1.165) is 53.2 Å². The Hall–Kier alpha value is -2.82. The number of furan rings is 1. The normalized spacial score (nSPS) is 14.2. The van der Waals surface area contributed by atoms with E-state index in [-0.39, 0.29) is 18.2 Å². The molecule has 1 aliphatic heterocycles. The van der Waals surface area contributed by atoms with Crippen LogP contribution in [0.4, 0.5) is 0 Å². The molecular weight excluding hydrogens is 328 g/mol. The first-order valence-electron chi connectivity index (χ1n) is 9.15. The van der Waals surface area contributed by atoms with Crippen LogP contribution in [-0.2, 0) is 16.0 Å². The van der Waals surface area contributed by atoms with Crippen molar-refractivity contribution in [3.8, 4) is 0 Å². The Morgan fingerprint density at radius 3 is 2.73 bits per heavy atom. The lowest BCUT2D eigenvalue weighted by molar-refractivity contribution is -0.130. The summed E-state index contributed by atoms with van der Waals surface area (Å²) in [6.45, 7) is 2.08. The van der Waals surface area contributed by atoms with E-state index < -0.39 is 0 Å². The Balaban J connectivity index is 1.41. The minimum atomic E-state index is -0.0881. The predicted octanol–water partition coefficient (Wildman–Crippen LogP) is 3.26. The van der Waals surface area contributed by atoms with Crippen LogP contribution in [0, 0.1) is 0 Å². The van der Waals surface area contributed by atoms with Crippen molar-refractivity contribution in [1.82, 2.24) is 10.2 Å². The first-order valence-corrected chi connectivity index (χ1v) is 9.15. The minimum absolute atomic E-state index is 0.0881. The Morgan fingerprint density at radius 2 is 1.88 bits per heavy atom. The summed E-state index contributed by atoms with van der Waals surface area (Å²) in [5.41, 5.74) is 1.66. The molecule has 5 heteroatoms. The average Bonchev–Trinajstić information content (AvgIpc) is 3.32. The lowest BCUT2D eigenvalue weighted by Gasteiger charge is -2.15. The Bertz CT molecular complexity index is 954. The molecule has 1 fully saturated rings. The highest BCUT2D eigenvalue weighted by Crippen LogP contribution is 2.30. The molecular formula is C21H22N2O3. The van der Waals surface area contributed by atoms with Gasteiger partial charge in [0.15, 0.2) is 0 Å². The largest absolute Gasteiger partial charge is 0.464 e. The van der Waals surface area contributed by atoms with Gasteiger partial charge in [0.2, 0.25) is 11.8 Å². The van der Waals surface area contributed by atoms with Gasteiger partial charge in [-0.15, -0.1) is 0 Å². The standard InChI is InChI=1S/C21H22N2O3/c24-19(22-10-9-20(25)23-11-3-4-12-23)13-16-14-26-18-8-7-15-5-1-2-6-17(15)21(16)18/h1-2,5-8,14H,3-4,9-13H2,(H,22,24). The molecule has 4 rings (SSSR count). The van der Waals surface area contributed by atoms with E-state index in [1.54, 1.807) is 6.26 Å². The molecule has 0 atom stereocenters. The highest BCUT2D eigenvalue weighted by Gasteiger charge is 2.18. The molecule has 0 saturated carbocycles. The van der Waals surface area contributed by atoms with E-state index in [4.69, 9.17) is 4.42 Å². The van der Waals surface area contributed by atoms with Crippen molar-refractivity contribution in [3.63, 3.8) is 0 Å². The highest BCUT2D eigenvalue weighted by molar-refractivity contribution is 6.08. The van der Waals surface area contributed by atoms with Crippen LogP contribution in [0.25, 0.3) is 21.7 Å². The third-order valence-electron chi connectivity index (χ3n) is 5.01. The van der Waals surface area contributed by atoms with Crippen molar-refractivity contribution < 1.29 is 14.0 Å². The van der Waals surface area contributed by atoms with Crippen LogP contribution in [0.5, 0.6) is 0 Å². The van der Waals surface area contributed by atoms with Gasteiger partial charge < -0.3 is 14.6 Å². The van der Waals surface area contributed by atoms with Gasteiger partial charge in [-0.1, -0.05) is 30.3 Å². The molecule has 1 saturated heterocycles. The van der Waals surface area contributed by atoms with E-state index in [2.05, 4.69) is 11.4 Å². The van der Waals surface area contributed by atoms with Gasteiger partial charge in [0.1, 0.15) is 5.58 Å². The molecule has 0 aliphatic carbocycles. The molecule has 2 heterocycles. The molecule has 0 spiro atoms. The third kappa shape index (κ3) is 3.29. The van der Waals surface area contributed by atoms with E-state index in [9.17, 15) is 9.59 Å². The fraction of sp³-hybridized carbons (Fsp3) is 0.333. The number of likely N-dealkylation sites (tertiary alicyclic amines) is 1. The SMILES string of the molecule is O=C(Cc1coc2ccc3ccccc3c12)NCCC(=O)N1CCCC1. The number of rotatable bonds is 5. The summed E-state index contributed by atoms with van der Waals surface area (Å²) in [6, 6.07) is 12.0. The zero-order valence-electron chi connectivity index (χ0n) is 14.7. The number of carbonyl (C=O) groups is 2. The van der Waals surface area contributed by atoms with Crippen molar-refractivity contribution in [2.24, 2.45) is 0 Å². The zero-order valence-corrected chi connectivity index (χ0v) is 14.7. The topological polar surface area (TPSA) is 62.6 Å². The third-order valence-corrected chi connectivity index (χ3v) is 5.01. The van der Waals surface area contributed by atoms with Crippen molar-refractivity contribution in [2.75, 3.05) is 19.6 Å². The summed E-state index contributed by atoms with van der Waals surface area (Å²) in [4.78, 5) is 26.2. The summed E-state index contributed by atoms with van der Waals surface area (Å²) in [5, 5.41) is 6.06. The van der Waals surface area contributed by atoms with Crippen LogP contribution < -0.4 is 5.32 Å². The summed E-state index contributed by atoms with van der Waals surface area (Å²) in [5.74, 6) is 0.0393. The van der Waals surface area contributed by atoms with Crippen LogP contribution in [0.1, 0.15) is 24.8 Å².